The number of benzene rings is 2. The standard InChI is InChI=1S/C21H24ClN3OS.ClH/c1-24(2)16-9-11-25(12-10-16)20-19(8-7-18-21(20)27-14-23-18)26-13-15-5-3-4-6-17(15)22;/h3-8,14,16H,9-13H2,1-2H3;1H. The minimum absolute atomic E-state index is 0. The number of halogens is 2. The van der Waals surface area contributed by atoms with Gasteiger partial charge in [0.2, 0.25) is 0 Å². The monoisotopic (exact) mass is 437 g/mol. The van der Waals surface area contributed by atoms with Crippen LogP contribution in [0.4, 0.5) is 5.69 Å². The van der Waals surface area contributed by atoms with Gasteiger partial charge in [0.25, 0.3) is 0 Å². The number of aromatic nitrogens is 1. The normalized spacial score (nSPS) is 15.1. The van der Waals surface area contributed by atoms with E-state index in [9.17, 15) is 0 Å². The SMILES string of the molecule is CN(C)C1CCN(c2c(OCc3ccccc3Cl)ccc3ncsc23)CC1.Cl. The second kappa shape index (κ2) is 9.31. The molecule has 28 heavy (non-hydrogen) atoms. The van der Waals surface area contributed by atoms with Gasteiger partial charge in [0.1, 0.15) is 12.4 Å². The molecule has 0 aliphatic carbocycles. The molecular formula is C21H25Cl2N3OS. The number of thiazole rings is 1. The van der Waals surface area contributed by atoms with Crippen LogP contribution in [-0.2, 0) is 6.61 Å². The highest BCUT2D eigenvalue weighted by atomic mass is 35.5. The maximum Gasteiger partial charge on any atom is 0.144 e. The van der Waals surface area contributed by atoms with E-state index in [0.29, 0.717) is 12.6 Å². The molecule has 0 atom stereocenters. The molecule has 1 saturated heterocycles. The van der Waals surface area contributed by atoms with Crippen molar-refractivity contribution in [3.8, 4) is 5.75 Å². The average molecular weight is 438 g/mol. The van der Waals surface area contributed by atoms with Gasteiger partial charge in [0.05, 0.1) is 21.4 Å². The third-order valence-electron chi connectivity index (χ3n) is 5.29. The van der Waals surface area contributed by atoms with Crippen molar-refractivity contribution in [1.29, 1.82) is 0 Å². The zero-order chi connectivity index (χ0) is 18.8. The Balaban J connectivity index is 0.00000225. The molecule has 0 radical (unpaired) electrons. The third kappa shape index (κ3) is 4.38. The van der Waals surface area contributed by atoms with E-state index in [2.05, 4.69) is 28.9 Å². The lowest BCUT2D eigenvalue weighted by molar-refractivity contribution is 0.248. The van der Waals surface area contributed by atoms with Crippen LogP contribution in [0.3, 0.4) is 0 Å². The molecule has 0 bridgehead atoms. The molecule has 1 aliphatic heterocycles. The van der Waals surface area contributed by atoms with Gasteiger partial charge in [-0.05, 0) is 45.1 Å². The van der Waals surface area contributed by atoms with Crippen molar-refractivity contribution in [3.05, 3.63) is 52.5 Å². The largest absolute Gasteiger partial charge is 0.487 e. The van der Waals surface area contributed by atoms with E-state index >= 15 is 0 Å². The molecule has 1 aliphatic rings. The van der Waals surface area contributed by atoms with Gasteiger partial charge in [-0.15, -0.1) is 23.7 Å². The Labute approximate surface area is 181 Å². The zero-order valence-electron chi connectivity index (χ0n) is 16.1. The highest BCUT2D eigenvalue weighted by Gasteiger charge is 2.25. The van der Waals surface area contributed by atoms with Gasteiger partial charge in [0, 0.05) is 29.7 Å². The lowest BCUT2D eigenvalue weighted by Crippen LogP contribution is -2.42. The van der Waals surface area contributed by atoms with Crippen molar-refractivity contribution in [1.82, 2.24) is 9.88 Å². The van der Waals surface area contributed by atoms with E-state index in [-0.39, 0.29) is 12.4 Å². The summed E-state index contributed by atoms with van der Waals surface area (Å²) in [6.07, 6.45) is 2.32. The van der Waals surface area contributed by atoms with Gasteiger partial charge >= 0.3 is 0 Å². The fraction of sp³-hybridized carbons (Fsp3) is 0.381. The van der Waals surface area contributed by atoms with Crippen molar-refractivity contribution in [2.24, 2.45) is 0 Å². The molecule has 4 nitrogen and oxygen atoms in total. The predicted molar refractivity (Wildman–Crippen MR) is 122 cm³/mol. The molecule has 0 unspecified atom stereocenters. The first-order valence-electron chi connectivity index (χ1n) is 9.27. The second-order valence-corrected chi connectivity index (χ2v) is 8.44. The van der Waals surface area contributed by atoms with E-state index in [1.165, 1.54) is 10.4 Å². The number of hydrogen-bond donors (Lipinski definition) is 0. The topological polar surface area (TPSA) is 28.6 Å². The number of ether oxygens (including phenoxy) is 1. The third-order valence-corrected chi connectivity index (χ3v) is 6.51. The van der Waals surface area contributed by atoms with Crippen LogP contribution in [0.1, 0.15) is 18.4 Å². The smallest absolute Gasteiger partial charge is 0.144 e. The van der Waals surface area contributed by atoms with E-state index in [4.69, 9.17) is 16.3 Å². The molecule has 7 heteroatoms. The van der Waals surface area contributed by atoms with Crippen molar-refractivity contribution in [2.75, 3.05) is 32.1 Å². The molecule has 2 aromatic carbocycles. The fourth-order valence-electron chi connectivity index (χ4n) is 3.69. The van der Waals surface area contributed by atoms with Gasteiger partial charge in [-0.1, -0.05) is 29.8 Å². The van der Waals surface area contributed by atoms with Gasteiger partial charge in [-0.3, -0.25) is 0 Å². The molecule has 150 valence electrons. The second-order valence-electron chi connectivity index (χ2n) is 7.17. The first-order chi connectivity index (χ1) is 13.1. The molecule has 3 aromatic rings. The minimum atomic E-state index is 0. The Morgan fingerprint density at radius 2 is 1.93 bits per heavy atom. The maximum atomic E-state index is 6.30. The summed E-state index contributed by atoms with van der Waals surface area (Å²) in [4.78, 5) is 9.29. The molecule has 0 saturated carbocycles. The quantitative estimate of drug-likeness (QED) is 0.528. The van der Waals surface area contributed by atoms with Crippen LogP contribution in [-0.4, -0.2) is 43.1 Å². The highest BCUT2D eigenvalue weighted by molar-refractivity contribution is 7.17. The van der Waals surface area contributed by atoms with E-state index in [1.807, 2.05) is 41.9 Å². The minimum Gasteiger partial charge on any atom is -0.487 e. The van der Waals surface area contributed by atoms with E-state index in [0.717, 1.165) is 47.8 Å². The van der Waals surface area contributed by atoms with E-state index < -0.39 is 0 Å². The maximum absolute atomic E-state index is 6.30. The Kier molecular flexibility index (Phi) is 7.05. The van der Waals surface area contributed by atoms with Crippen LogP contribution >= 0.6 is 35.3 Å². The Morgan fingerprint density at radius 3 is 2.64 bits per heavy atom. The van der Waals surface area contributed by atoms with Gasteiger partial charge < -0.3 is 14.5 Å². The summed E-state index contributed by atoms with van der Waals surface area (Å²) in [6.45, 7) is 2.52. The molecule has 2 heterocycles. The molecular weight excluding hydrogens is 413 g/mol. The van der Waals surface area contributed by atoms with Crippen molar-refractivity contribution in [3.63, 3.8) is 0 Å². The first kappa shape index (κ1) is 21.2. The van der Waals surface area contributed by atoms with E-state index in [1.54, 1.807) is 11.3 Å². The molecule has 0 N–H and O–H groups in total. The van der Waals surface area contributed by atoms with Crippen molar-refractivity contribution >= 4 is 51.2 Å². The summed E-state index contributed by atoms with van der Waals surface area (Å²) in [7, 11) is 4.34. The summed E-state index contributed by atoms with van der Waals surface area (Å²) in [5, 5.41) is 0.740. The molecule has 0 spiro atoms. The summed E-state index contributed by atoms with van der Waals surface area (Å²) in [5.41, 5.74) is 5.13. The lowest BCUT2D eigenvalue weighted by Gasteiger charge is -2.37. The summed E-state index contributed by atoms with van der Waals surface area (Å²) < 4.78 is 7.46. The average Bonchev–Trinajstić information content (AvgIpc) is 3.16. The van der Waals surface area contributed by atoms with Crippen LogP contribution in [0.5, 0.6) is 5.75 Å². The molecule has 0 amide bonds. The van der Waals surface area contributed by atoms with Gasteiger partial charge in [-0.25, -0.2) is 4.98 Å². The Hall–Kier alpha value is -1.53. The zero-order valence-corrected chi connectivity index (χ0v) is 18.5. The predicted octanol–water partition coefficient (Wildman–Crippen LogP) is 5.48. The molecule has 1 aromatic heterocycles. The molecule has 4 rings (SSSR count). The number of nitrogens with zero attached hydrogens (tertiary/aromatic N) is 3. The number of rotatable bonds is 5. The van der Waals surface area contributed by atoms with Crippen LogP contribution in [0.15, 0.2) is 41.9 Å². The van der Waals surface area contributed by atoms with Crippen LogP contribution in [0.2, 0.25) is 5.02 Å². The van der Waals surface area contributed by atoms with Crippen LogP contribution in [0, 0.1) is 0 Å². The Morgan fingerprint density at radius 1 is 1.18 bits per heavy atom. The summed E-state index contributed by atoms with van der Waals surface area (Å²) in [5.74, 6) is 0.912. The molecule has 1 fully saturated rings. The summed E-state index contributed by atoms with van der Waals surface area (Å²) in [6, 6.07) is 12.6. The summed E-state index contributed by atoms with van der Waals surface area (Å²) >= 11 is 7.98. The lowest BCUT2D eigenvalue weighted by atomic mass is 10.0. The van der Waals surface area contributed by atoms with Crippen LogP contribution in [0.25, 0.3) is 10.2 Å². The number of piperidine rings is 1. The first-order valence-corrected chi connectivity index (χ1v) is 10.5. The highest BCUT2D eigenvalue weighted by Crippen LogP contribution is 2.40. The van der Waals surface area contributed by atoms with Gasteiger partial charge in [-0.2, -0.15) is 0 Å². The number of hydrogen-bond acceptors (Lipinski definition) is 5. The number of fused-ring (bicyclic) bond motifs is 1. The van der Waals surface area contributed by atoms with Crippen molar-refractivity contribution < 1.29 is 4.74 Å². The Bertz CT molecular complexity index is 923. The van der Waals surface area contributed by atoms with Gasteiger partial charge in [0.15, 0.2) is 0 Å². The van der Waals surface area contributed by atoms with Crippen molar-refractivity contribution in [2.45, 2.75) is 25.5 Å². The number of anilines is 1. The fourth-order valence-corrected chi connectivity index (χ4v) is 4.73. The van der Waals surface area contributed by atoms with Crippen LogP contribution < -0.4 is 9.64 Å².